The summed E-state index contributed by atoms with van der Waals surface area (Å²) in [6.07, 6.45) is -3.38. The van der Waals surface area contributed by atoms with Gasteiger partial charge in [-0.25, -0.2) is 14.6 Å². The maximum absolute atomic E-state index is 12.2. The van der Waals surface area contributed by atoms with Crippen molar-refractivity contribution in [1.82, 2.24) is 9.76 Å². The largest absolute Gasteiger partial charge is 0.467 e. The molecule has 2 fully saturated rings. The molecule has 2 aliphatic heterocycles. The number of ether oxygens (including phenoxy) is 4. The van der Waals surface area contributed by atoms with E-state index < -0.39 is 55.1 Å². The Bertz CT molecular complexity index is 761. The zero-order valence-electron chi connectivity index (χ0n) is 19.9. The van der Waals surface area contributed by atoms with Crippen molar-refractivity contribution in [2.24, 2.45) is 5.92 Å². The number of carbonyl (C=O) groups excluding carboxylic acids is 3. The molecule has 0 saturated carbocycles. The third-order valence-electron chi connectivity index (χ3n) is 4.90. The second-order valence-corrected chi connectivity index (χ2v) is 11.3. The first kappa shape index (κ1) is 32.5. The van der Waals surface area contributed by atoms with Gasteiger partial charge in [-0.2, -0.15) is 0 Å². The Labute approximate surface area is 222 Å². The zero-order valence-corrected chi connectivity index (χ0v) is 23.8. The number of hydrogen-bond donors (Lipinski definition) is 2. The van der Waals surface area contributed by atoms with E-state index >= 15 is 0 Å². The van der Waals surface area contributed by atoms with Crippen molar-refractivity contribution in [3.8, 4) is 0 Å². The summed E-state index contributed by atoms with van der Waals surface area (Å²) in [7, 11) is -1.96. The lowest BCUT2D eigenvalue weighted by molar-refractivity contribution is -0.216. The minimum Gasteiger partial charge on any atom is -0.467 e. The molecule has 2 N–H and O–H groups in total. The van der Waals surface area contributed by atoms with Crippen LogP contribution in [0.4, 0.5) is 0 Å². The molecule has 0 spiro atoms. The van der Waals surface area contributed by atoms with Crippen LogP contribution in [0.25, 0.3) is 0 Å². The Morgan fingerprint density at radius 2 is 1.69 bits per heavy atom. The molecule has 0 aromatic carbocycles. The number of hydrogen-bond acceptors (Lipinski definition) is 10. The van der Waals surface area contributed by atoms with E-state index in [0.29, 0.717) is 31.3 Å². The van der Waals surface area contributed by atoms with Crippen molar-refractivity contribution in [3.05, 3.63) is 0 Å². The van der Waals surface area contributed by atoms with Crippen LogP contribution in [0.5, 0.6) is 0 Å². The number of alkyl halides is 3. The van der Waals surface area contributed by atoms with E-state index in [4.69, 9.17) is 41.9 Å². The van der Waals surface area contributed by atoms with Crippen LogP contribution in [-0.4, -0.2) is 95.8 Å². The molecule has 2 heterocycles. The van der Waals surface area contributed by atoms with Gasteiger partial charge >= 0.3 is 25.6 Å². The standard InChI is InChI=1S/C12H17BrO7.C7H15Cl2N2O3P/c1-5-8(18-6(2)14)9(19-7(3)15)10(12(16)17-4)20-11(5)13;8-2-4-11(5-3-9)15(13)10-7(12)1-6-14-15/h5,8-11H,1-4H3;7,12H,1-6H2,(H,10,13). The summed E-state index contributed by atoms with van der Waals surface area (Å²) in [5, 5.41) is 11.4. The first-order valence-corrected chi connectivity index (χ1v) is 14.3. The molecule has 12 nitrogen and oxygen atoms in total. The molecule has 7 unspecified atom stereocenters. The topological polar surface area (TPSA) is 150 Å². The molecule has 16 heteroatoms. The van der Waals surface area contributed by atoms with Crippen LogP contribution in [0.3, 0.4) is 0 Å². The first-order chi connectivity index (χ1) is 16.4. The van der Waals surface area contributed by atoms with Crippen LogP contribution >= 0.6 is 46.8 Å². The minimum absolute atomic E-state index is 0.270. The maximum Gasteiger partial charge on any atom is 0.345 e. The van der Waals surface area contributed by atoms with Crippen molar-refractivity contribution in [1.29, 1.82) is 0 Å². The number of carbonyl (C=O) groups is 3. The van der Waals surface area contributed by atoms with Crippen molar-refractivity contribution >= 4 is 64.7 Å². The van der Waals surface area contributed by atoms with E-state index in [1.54, 1.807) is 11.6 Å². The van der Waals surface area contributed by atoms with E-state index in [9.17, 15) is 24.1 Å². The molecule has 35 heavy (non-hydrogen) atoms. The monoisotopic (exact) mass is 628 g/mol. The molecule has 7 atom stereocenters. The summed E-state index contributed by atoms with van der Waals surface area (Å²) in [6.45, 7) is 5.27. The molecule has 0 aliphatic carbocycles. The molecular weight excluding hydrogens is 598 g/mol. The number of nitrogens with one attached hydrogen (secondary N) is 1. The number of esters is 3. The number of halogens is 3. The highest BCUT2D eigenvalue weighted by atomic mass is 79.9. The third kappa shape index (κ3) is 10.1. The molecule has 2 rings (SSSR count). The second kappa shape index (κ2) is 15.7. The lowest BCUT2D eigenvalue weighted by Crippen LogP contribution is -2.57. The van der Waals surface area contributed by atoms with E-state index in [-0.39, 0.29) is 12.5 Å². The summed E-state index contributed by atoms with van der Waals surface area (Å²) in [5.41, 5.74) is 0. The highest BCUT2D eigenvalue weighted by Gasteiger charge is 2.50. The fourth-order valence-electron chi connectivity index (χ4n) is 3.27. The lowest BCUT2D eigenvalue weighted by atomic mass is 9.93. The molecule has 0 amide bonds. The Morgan fingerprint density at radius 3 is 2.14 bits per heavy atom. The highest BCUT2D eigenvalue weighted by Crippen LogP contribution is 2.49. The summed E-state index contributed by atoms with van der Waals surface area (Å²) in [5.74, 6) is -1.49. The van der Waals surface area contributed by atoms with E-state index in [1.807, 2.05) is 0 Å². The van der Waals surface area contributed by atoms with Gasteiger partial charge in [0.2, 0.25) is 0 Å². The normalized spacial score (nSPS) is 32.7. The van der Waals surface area contributed by atoms with Gasteiger partial charge in [0.25, 0.3) is 0 Å². The minimum atomic E-state index is -3.15. The molecule has 204 valence electrons. The summed E-state index contributed by atoms with van der Waals surface area (Å²) in [4.78, 5) is 34.2. The van der Waals surface area contributed by atoms with Crippen molar-refractivity contribution in [3.63, 3.8) is 0 Å². The molecule has 0 aromatic rings. The number of aliphatic hydroxyl groups is 1. The number of rotatable bonds is 8. The smallest absolute Gasteiger partial charge is 0.345 e. The molecular formula is C19H32BrCl2N2O10P. The number of methoxy groups -OCH3 is 1. The predicted octanol–water partition coefficient (Wildman–Crippen LogP) is 1.98. The first-order valence-electron chi connectivity index (χ1n) is 10.7. The van der Waals surface area contributed by atoms with Crippen LogP contribution in [0.15, 0.2) is 0 Å². The average Bonchev–Trinajstić information content (AvgIpc) is 2.77. The summed E-state index contributed by atoms with van der Waals surface area (Å²) >= 11 is 14.4. The van der Waals surface area contributed by atoms with Gasteiger partial charge in [0, 0.05) is 51.0 Å². The van der Waals surface area contributed by atoms with Gasteiger partial charge in [-0.05, 0) is 0 Å². The fraction of sp³-hybridized carbons (Fsp3) is 0.842. The van der Waals surface area contributed by atoms with Crippen LogP contribution in [0.1, 0.15) is 27.2 Å². The van der Waals surface area contributed by atoms with Crippen molar-refractivity contribution in [2.75, 3.05) is 38.6 Å². The van der Waals surface area contributed by atoms with Crippen LogP contribution in [0, 0.1) is 5.92 Å². The van der Waals surface area contributed by atoms with Gasteiger partial charge in [-0.15, -0.1) is 23.2 Å². The van der Waals surface area contributed by atoms with Crippen LogP contribution in [0.2, 0.25) is 0 Å². The highest BCUT2D eigenvalue weighted by molar-refractivity contribution is 9.09. The summed E-state index contributed by atoms with van der Waals surface area (Å²) < 4.78 is 39.3. The maximum atomic E-state index is 12.2. The van der Waals surface area contributed by atoms with Crippen molar-refractivity contribution < 1.29 is 47.5 Å². The van der Waals surface area contributed by atoms with Crippen LogP contribution in [-0.2, 0) is 42.4 Å². The van der Waals surface area contributed by atoms with Crippen molar-refractivity contribution in [2.45, 2.75) is 56.7 Å². The van der Waals surface area contributed by atoms with Gasteiger partial charge in [0.1, 0.15) is 17.3 Å². The molecule has 2 saturated heterocycles. The van der Waals surface area contributed by atoms with Gasteiger partial charge in [0.15, 0.2) is 12.2 Å². The number of nitrogens with zero attached hydrogens (tertiary/aromatic N) is 1. The Hall–Kier alpha value is -0.500. The van der Waals surface area contributed by atoms with Gasteiger partial charge in [-0.1, -0.05) is 22.9 Å². The molecule has 2 aliphatic rings. The molecule has 0 aromatic heterocycles. The summed E-state index contributed by atoms with van der Waals surface area (Å²) in [6, 6.07) is 0. The number of aliphatic hydroxyl groups excluding tert-OH is 1. The van der Waals surface area contributed by atoms with Gasteiger partial charge in [-0.3, -0.25) is 14.2 Å². The van der Waals surface area contributed by atoms with Gasteiger partial charge < -0.3 is 28.6 Å². The Balaban J connectivity index is 0.000000365. The van der Waals surface area contributed by atoms with E-state index in [0.717, 1.165) is 0 Å². The zero-order chi connectivity index (χ0) is 26.8. The predicted molar refractivity (Wildman–Crippen MR) is 130 cm³/mol. The SMILES string of the molecule is COC(=O)C1OC(Br)C(C)C(OC(C)=O)C1OC(C)=O.O=P1(N(CCCl)CCCl)NC(O)CCO1. The Morgan fingerprint density at radius 1 is 1.14 bits per heavy atom. The molecule has 0 bridgehead atoms. The van der Waals surface area contributed by atoms with Gasteiger partial charge in [0.05, 0.1) is 13.7 Å². The lowest BCUT2D eigenvalue weighted by Gasteiger charge is -2.41. The van der Waals surface area contributed by atoms with E-state index in [1.165, 1.54) is 21.0 Å². The van der Waals surface area contributed by atoms with E-state index in [2.05, 4.69) is 25.8 Å². The average molecular weight is 630 g/mol. The fourth-order valence-corrected chi connectivity index (χ4v) is 6.43. The third-order valence-corrected chi connectivity index (χ3v) is 8.58. The Kier molecular flexibility index (Phi) is 14.6. The molecule has 0 radical (unpaired) electrons. The van der Waals surface area contributed by atoms with Crippen LogP contribution < -0.4 is 5.09 Å². The quantitative estimate of drug-likeness (QED) is 0.175. The second-order valence-electron chi connectivity index (χ2n) is 7.56.